The van der Waals surface area contributed by atoms with Crippen LogP contribution in [0.25, 0.3) is 0 Å². The van der Waals surface area contributed by atoms with Gasteiger partial charge in [0, 0.05) is 24.8 Å². The Morgan fingerprint density at radius 2 is 2.35 bits per heavy atom. The van der Waals surface area contributed by atoms with Gasteiger partial charge in [-0.15, -0.1) is 0 Å². The first-order chi connectivity index (χ1) is 8.38. The summed E-state index contributed by atoms with van der Waals surface area (Å²) in [5, 5.41) is 12.6. The number of rotatable bonds is 2. The maximum Gasteiger partial charge on any atom is 0.101 e. The first kappa shape index (κ1) is 10.5. The molecule has 1 aromatic heterocycles. The molecule has 0 saturated carbocycles. The van der Waals surface area contributed by atoms with Crippen molar-refractivity contribution < 1.29 is 0 Å². The van der Waals surface area contributed by atoms with Crippen molar-refractivity contribution in [2.45, 2.75) is 31.3 Å². The summed E-state index contributed by atoms with van der Waals surface area (Å²) in [4.78, 5) is 6.65. The molecule has 2 unspecified atom stereocenters. The van der Waals surface area contributed by atoms with Crippen LogP contribution in [0.15, 0.2) is 18.5 Å². The minimum absolute atomic E-state index is 0.480. The van der Waals surface area contributed by atoms with Gasteiger partial charge in [-0.3, -0.25) is 9.88 Å². The Morgan fingerprint density at radius 1 is 1.41 bits per heavy atom. The van der Waals surface area contributed by atoms with Gasteiger partial charge in [-0.2, -0.15) is 5.26 Å². The maximum absolute atomic E-state index is 9.05. The summed E-state index contributed by atoms with van der Waals surface area (Å²) in [5.41, 5.74) is 1.57. The van der Waals surface area contributed by atoms with Crippen molar-refractivity contribution >= 4 is 5.69 Å². The second-order valence-electron chi connectivity index (χ2n) is 4.82. The van der Waals surface area contributed by atoms with Crippen LogP contribution < -0.4 is 5.32 Å². The van der Waals surface area contributed by atoms with Crippen molar-refractivity contribution in [3.8, 4) is 6.07 Å². The van der Waals surface area contributed by atoms with Crippen LogP contribution in [0, 0.1) is 11.3 Å². The summed E-state index contributed by atoms with van der Waals surface area (Å²) in [6, 6.07) is 5.12. The quantitative estimate of drug-likeness (QED) is 0.835. The zero-order chi connectivity index (χ0) is 11.7. The molecule has 0 bridgehead atoms. The van der Waals surface area contributed by atoms with E-state index < -0.39 is 0 Å². The van der Waals surface area contributed by atoms with Gasteiger partial charge in [0.2, 0.25) is 0 Å². The molecule has 1 N–H and O–H groups in total. The summed E-state index contributed by atoms with van der Waals surface area (Å²) >= 11 is 0. The highest BCUT2D eigenvalue weighted by atomic mass is 15.2. The van der Waals surface area contributed by atoms with Crippen LogP contribution in [-0.2, 0) is 0 Å². The molecule has 0 radical (unpaired) electrons. The molecular weight excluding hydrogens is 212 g/mol. The third kappa shape index (κ3) is 1.87. The molecule has 2 aliphatic rings. The smallest absolute Gasteiger partial charge is 0.101 e. The Kier molecular flexibility index (Phi) is 2.69. The Labute approximate surface area is 101 Å². The summed E-state index contributed by atoms with van der Waals surface area (Å²) in [5.74, 6) is 0. The van der Waals surface area contributed by atoms with Crippen molar-refractivity contribution in [1.29, 1.82) is 5.26 Å². The van der Waals surface area contributed by atoms with E-state index >= 15 is 0 Å². The highest BCUT2D eigenvalue weighted by molar-refractivity contribution is 5.56. The molecule has 4 heteroatoms. The highest BCUT2D eigenvalue weighted by Gasteiger charge is 2.37. The van der Waals surface area contributed by atoms with Crippen LogP contribution in [0.5, 0.6) is 0 Å². The fraction of sp³-hybridized carbons (Fsp3) is 0.538. The summed E-state index contributed by atoms with van der Waals surface area (Å²) in [7, 11) is 0. The molecule has 0 aliphatic carbocycles. The van der Waals surface area contributed by atoms with Gasteiger partial charge in [-0.1, -0.05) is 0 Å². The molecule has 2 atom stereocenters. The fourth-order valence-electron chi connectivity index (χ4n) is 3.06. The Balaban J connectivity index is 1.77. The molecule has 17 heavy (non-hydrogen) atoms. The lowest BCUT2D eigenvalue weighted by atomic mass is 10.1. The van der Waals surface area contributed by atoms with E-state index in [0.717, 1.165) is 5.69 Å². The van der Waals surface area contributed by atoms with Crippen molar-refractivity contribution in [2.75, 3.05) is 18.4 Å². The molecule has 88 valence electrons. The molecule has 3 heterocycles. The van der Waals surface area contributed by atoms with Crippen LogP contribution in [0.1, 0.15) is 24.8 Å². The average molecular weight is 228 g/mol. The number of nitrogens with zero attached hydrogens (tertiary/aromatic N) is 3. The van der Waals surface area contributed by atoms with E-state index in [4.69, 9.17) is 5.26 Å². The lowest BCUT2D eigenvalue weighted by Gasteiger charge is -2.22. The zero-order valence-electron chi connectivity index (χ0n) is 9.76. The second kappa shape index (κ2) is 4.34. The Hall–Kier alpha value is -1.60. The third-order valence-electron chi connectivity index (χ3n) is 3.89. The minimum Gasteiger partial charge on any atom is -0.378 e. The predicted octanol–water partition coefficient (Wildman–Crippen LogP) is 1.60. The number of hydrogen-bond donors (Lipinski definition) is 1. The molecule has 0 spiro atoms. The van der Waals surface area contributed by atoms with Crippen LogP contribution >= 0.6 is 0 Å². The predicted molar refractivity (Wildman–Crippen MR) is 65.6 cm³/mol. The molecule has 0 aromatic carbocycles. The lowest BCUT2D eigenvalue weighted by molar-refractivity contribution is 0.318. The molecule has 4 nitrogen and oxygen atoms in total. The maximum atomic E-state index is 9.05. The van der Waals surface area contributed by atoms with Crippen molar-refractivity contribution in [2.24, 2.45) is 0 Å². The van der Waals surface area contributed by atoms with Crippen LogP contribution in [-0.4, -0.2) is 35.1 Å². The standard InChI is InChI=1S/C13H16N4/c14-8-10-3-5-15-9-12(10)16-11-4-7-17-6-1-2-13(11)17/h3,5,9,11,13,16H,1-2,4,6-7H2. The van der Waals surface area contributed by atoms with E-state index in [-0.39, 0.29) is 0 Å². The SMILES string of the molecule is N#Cc1ccncc1NC1CCN2CCCC12. The van der Waals surface area contributed by atoms with Gasteiger partial charge in [0.1, 0.15) is 6.07 Å². The van der Waals surface area contributed by atoms with E-state index in [1.165, 1.54) is 32.4 Å². The molecule has 2 aliphatic heterocycles. The molecule has 3 rings (SSSR count). The molecular formula is C13H16N4. The monoisotopic (exact) mass is 228 g/mol. The number of fused-ring (bicyclic) bond motifs is 1. The number of nitrogens with one attached hydrogen (secondary N) is 1. The van der Waals surface area contributed by atoms with E-state index in [2.05, 4.69) is 21.3 Å². The topological polar surface area (TPSA) is 52.0 Å². The van der Waals surface area contributed by atoms with Crippen LogP contribution in [0.2, 0.25) is 0 Å². The zero-order valence-corrected chi connectivity index (χ0v) is 9.76. The largest absolute Gasteiger partial charge is 0.378 e. The molecule has 0 amide bonds. The van der Waals surface area contributed by atoms with Crippen molar-refractivity contribution in [3.63, 3.8) is 0 Å². The average Bonchev–Trinajstić information content (AvgIpc) is 2.95. The first-order valence-electron chi connectivity index (χ1n) is 6.23. The van der Waals surface area contributed by atoms with E-state index in [1.54, 1.807) is 18.5 Å². The van der Waals surface area contributed by atoms with E-state index in [9.17, 15) is 0 Å². The number of nitriles is 1. The van der Waals surface area contributed by atoms with Gasteiger partial charge in [-0.05, 0) is 31.9 Å². The number of hydrogen-bond acceptors (Lipinski definition) is 4. The van der Waals surface area contributed by atoms with Gasteiger partial charge in [0.15, 0.2) is 0 Å². The fourth-order valence-corrected chi connectivity index (χ4v) is 3.06. The number of pyridine rings is 1. The first-order valence-corrected chi connectivity index (χ1v) is 6.23. The van der Waals surface area contributed by atoms with E-state index in [0.29, 0.717) is 17.6 Å². The summed E-state index contributed by atoms with van der Waals surface area (Å²) < 4.78 is 0. The summed E-state index contributed by atoms with van der Waals surface area (Å²) in [6.07, 6.45) is 7.18. The number of aromatic nitrogens is 1. The Morgan fingerprint density at radius 3 is 3.24 bits per heavy atom. The van der Waals surface area contributed by atoms with Gasteiger partial charge in [-0.25, -0.2) is 0 Å². The van der Waals surface area contributed by atoms with Crippen molar-refractivity contribution in [1.82, 2.24) is 9.88 Å². The van der Waals surface area contributed by atoms with Crippen LogP contribution in [0.4, 0.5) is 5.69 Å². The highest BCUT2D eigenvalue weighted by Crippen LogP contribution is 2.30. The van der Waals surface area contributed by atoms with Crippen molar-refractivity contribution in [3.05, 3.63) is 24.0 Å². The van der Waals surface area contributed by atoms with Gasteiger partial charge < -0.3 is 5.32 Å². The second-order valence-corrected chi connectivity index (χ2v) is 4.82. The molecule has 2 saturated heterocycles. The number of anilines is 1. The third-order valence-corrected chi connectivity index (χ3v) is 3.89. The molecule has 2 fully saturated rings. The summed E-state index contributed by atoms with van der Waals surface area (Å²) in [6.45, 7) is 2.42. The van der Waals surface area contributed by atoms with E-state index in [1.807, 2.05) is 0 Å². The minimum atomic E-state index is 0.480. The van der Waals surface area contributed by atoms with Gasteiger partial charge >= 0.3 is 0 Å². The van der Waals surface area contributed by atoms with Gasteiger partial charge in [0.05, 0.1) is 17.4 Å². The molecule has 1 aromatic rings. The van der Waals surface area contributed by atoms with Gasteiger partial charge in [0.25, 0.3) is 0 Å². The lowest BCUT2D eigenvalue weighted by Crippen LogP contribution is -2.33. The van der Waals surface area contributed by atoms with Crippen LogP contribution in [0.3, 0.4) is 0 Å². The normalized spacial score (nSPS) is 27.7. The Bertz CT molecular complexity index is 451.